The highest BCUT2D eigenvalue weighted by Gasteiger charge is 2.51. The van der Waals surface area contributed by atoms with Crippen molar-refractivity contribution in [3.8, 4) is 0 Å². The lowest BCUT2D eigenvalue weighted by Gasteiger charge is -2.55. The van der Waals surface area contributed by atoms with E-state index in [4.69, 9.17) is 4.74 Å². The van der Waals surface area contributed by atoms with Gasteiger partial charge in [-0.25, -0.2) is 0 Å². The molecule has 1 unspecified atom stereocenters. The van der Waals surface area contributed by atoms with E-state index in [1.165, 1.54) is 12.8 Å². The van der Waals surface area contributed by atoms with Crippen molar-refractivity contribution in [3.63, 3.8) is 0 Å². The molecule has 2 heteroatoms. The van der Waals surface area contributed by atoms with Crippen molar-refractivity contribution in [2.24, 2.45) is 5.41 Å². The molecule has 1 aliphatic carbocycles. The highest BCUT2D eigenvalue weighted by molar-refractivity contribution is 5.03. The Bertz CT molecular complexity index is 113. The Hall–Kier alpha value is -0.0800. The van der Waals surface area contributed by atoms with Crippen LogP contribution < -0.4 is 5.32 Å². The lowest BCUT2D eigenvalue weighted by molar-refractivity contribution is -0.174. The molecule has 2 fully saturated rings. The minimum atomic E-state index is 0.578. The lowest BCUT2D eigenvalue weighted by Crippen LogP contribution is -2.62. The van der Waals surface area contributed by atoms with Gasteiger partial charge in [-0.3, -0.25) is 0 Å². The van der Waals surface area contributed by atoms with Crippen LogP contribution in [0.4, 0.5) is 0 Å². The number of hydrogen-bond acceptors (Lipinski definition) is 2. The Morgan fingerprint density at radius 2 is 2.33 bits per heavy atom. The summed E-state index contributed by atoms with van der Waals surface area (Å²) in [5.41, 5.74) is 0.578. The van der Waals surface area contributed by atoms with Crippen LogP contribution in [0, 0.1) is 5.41 Å². The molecule has 1 saturated carbocycles. The van der Waals surface area contributed by atoms with Gasteiger partial charge in [0.15, 0.2) is 0 Å². The fourth-order valence-corrected chi connectivity index (χ4v) is 1.86. The Labute approximate surface area is 55.6 Å². The van der Waals surface area contributed by atoms with E-state index in [-0.39, 0.29) is 0 Å². The van der Waals surface area contributed by atoms with E-state index in [2.05, 4.69) is 5.32 Å². The second kappa shape index (κ2) is 1.70. The number of hydrogen-bond donors (Lipinski definition) is 1. The Kier molecular flexibility index (Phi) is 1.08. The molecule has 0 aromatic carbocycles. The molecular formula is C7H13NO. The van der Waals surface area contributed by atoms with Crippen LogP contribution in [0.2, 0.25) is 0 Å². The summed E-state index contributed by atoms with van der Waals surface area (Å²) in [5, 5.41) is 3.31. The van der Waals surface area contributed by atoms with E-state index in [0.29, 0.717) is 5.41 Å². The van der Waals surface area contributed by atoms with Crippen molar-refractivity contribution in [1.82, 2.24) is 5.32 Å². The molecule has 1 heterocycles. The van der Waals surface area contributed by atoms with Gasteiger partial charge in [-0.2, -0.15) is 0 Å². The zero-order chi connectivity index (χ0) is 6.32. The minimum Gasteiger partial charge on any atom is -0.380 e. The molecule has 1 atom stereocenters. The molecule has 2 rings (SSSR count). The average Bonchev–Trinajstić information content (AvgIpc) is 1.59. The van der Waals surface area contributed by atoms with Crippen molar-refractivity contribution in [2.45, 2.75) is 18.9 Å². The zero-order valence-electron chi connectivity index (χ0n) is 5.81. The monoisotopic (exact) mass is 127 g/mol. The number of ether oxygens (including phenoxy) is 1. The molecule has 1 saturated heterocycles. The van der Waals surface area contributed by atoms with Gasteiger partial charge in [-0.1, -0.05) is 0 Å². The maximum Gasteiger partial charge on any atom is 0.0559 e. The van der Waals surface area contributed by atoms with Crippen molar-refractivity contribution in [2.75, 3.05) is 20.3 Å². The number of rotatable bonds is 1. The van der Waals surface area contributed by atoms with Gasteiger partial charge in [-0.05, 0) is 19.9 Å². The molecule has 0 aromatic heterocycles. The highest BCUT2D eigenvalue weighted by Crippen LogP contribution is 2.46. The fraction of sp³-hybridized carbons (Fsp3) is 1.00. The first-order valence-corrected chi connectivity index (χ1v) is 3.62. The van der Waals surface area contributed by atoms with E-state index in [0.717, 1.165) is 19.3 Å². The molecule has 0 bridgehead atoms. The maximum atomic E-state index is 5.17. The fourth-order valence-electron chi connectivity index (χ4n) is 1.86. The quantitative estimate of drug-likeness (QED) is 0.550. The first kappa shape index (κ1) is 5.69. The second-order valence-corrected chi connectivity index (χ2v) is 3.24. The lowest BCUT2D eigenvalue weighted by atomic mass is 9.63. The van der Waals surface area contributed by atoms with Crippen LogP contribution in [-0.4, -0.2) is 26.3 Å². The van der Waals surface area contributed by atoms with E-state index in [9.17, 15) is 0 Å². The molecule has 9 heavy (non-hydrogen) atoms. The molecule has 0 radical (unpaired) electrons. The smallest absolute Gasteiger partial charge is 0.0559 e. The average molecular weight is 127 g/mol. The van der Waals surface area contributed by atoms with Gasteiger partial charge in [0.25, 0.3) is 0 Å². The predicted molar refractivity (Wildman–Crippen MR) is 35.3 cm³/mol. The van der Waals surface area contributed by atoms with E-state index in [1.54, 1.807) is 0 Å². The maximum absolute atomic E-state index is 5.17. The topological polar surface area (TPSA) is 21.3 Å². The molecule has 1 aliphatic heterocycles. The summed E-state index contributed by atoms with van der Waals surface area (Å²) >= 11 is 0. The van der Waals surface area contributed by atoms with Gasteiger partial charge in [-0.15, -0.1) is 0 Å². The van der Waals surface area contributed by atoms with Crippen LogP contribution in [0.1, 0.15) is 12.8 Å². The van der Waals surface area contributed by atoms with E-state index >= 15 is 0 Å². The van der Waals surface area contributed by atoms with Crippen LogP contribution in [0.15, 0.2) is 0 Å². The Morgan fingerprint density at radius 3 is 2.44 bits per heavy atom. The third-order valence-corrected chi connectivity index (χ3v) is 2.80. The third kappa shape index (κ3) is 0.578. The Balaban J connectivity index is 1.97. The van der Waals surface area contributed by atoms with Gasteiger partial charge in [0, 0.05) is 11.5 Å². The van der Waals surface area contributed by atoms with Gasteiger partial charge >= 0.3 is 0 Å². The summed E-state index contributed by atoms with van der Waals surface area (Å²) < 4.78 is 5.17. The first-order valence-electron chi connectivity index (χ1n) is 3.62. The summed E-state index contributed by atoms with van der Waals surface area (Å²) in [6.07, 6.45) is 2.72. The SMILES string of the molecule is CNC1CCC12COC2. The summed E-state index contributed by atoms with van der Waals surface area (Å²) in [5.74, 6) is 0. The molecule has 1 spiro atoms. The van der Waals surface area contributed by atoms with Gasteiger partial charge in [0.05, 0.1) is 13.2 Å². The van der Waals surface area contributed by atoms with Gasteiger partial charge in [0.1, 0.15) is 0 Å². The predicted octanol–water partition coefficient (Wildman–Crippen LogP) is 0.385. The summed E-state index contributed by atoms with van der Waals surface area (Å²) in [6.45, 7) is 2.00. The van der Waals surface area contributed by atoms with Crippen LogP contribution in [0.5, 0.6) is 0 Å². The Morgan fingerprint density at radius 1 is 1.56 bits per heavy atom. The van der Waals surface area contributed by atoms with Crippen LogP contribution in [-0.2, 0) is 4.74 Å². The van der Waals surface area contributed by atoms with Crippen molar-refractivity contribution < 1.29 is 4.74 Å². The molecule has 1 N–H and O–H groups in total. The molecule has 0 aromatic rings. The normalized spacial score (nSPS) is 37.7. The summed E-state index contributed by atoms with van der Waals surface area (Å²) in [7, 11) is 2.05. The van der Waals surface area contributed by atoms with Crippen molar-refractivity contribution in [3.05, 3.63) is 0 Å². The van der Waals surface area contributed by atoms with Gasteiger partial charge in [0.2, 0.25) is 0 Å². The molecule has 0 amide bonds. The molecule has 52 valence electrons. The molecule has 2 aliphatic rings. The first-order chi connectivity index (χ1) is 4.37. The van der Waals surface area contributed by atoms with E-state index < -0.39 is 0 Å². The second-order valence-electron chi connectivity index (χ2n) is 3.24. The minimum absolute atomic E-state index is 0.578. The molecule has 2 nitrogen and oxygen atoms in total. The van der Waals surface area contributed by atoms with Crippen LogP contribution in [0.3, 0.4) is 0 Å². The zero-order valence-corrected chi connectivity index (χ0v) is 5.81. The van der Waals surface area contributed by atoms with Crippen molar-refractivity contribution >= 4 is 0 Å². The standard InChI is InChI=1S/C7H13NO/c1-8-6-2-3-7(6)4-9-5-7/h6,8H,2-5H2,1H3. The summed E-state index contributed by atoms with van der Waals surface area (Å²) in [6, 6.07) is 0.756. The van der Waals surface area contributed by atoms with Crippen LogP contribution in [0.25, 0.3) is 0 Å². The molecular weight excluding hydrogens is 114 g/mol. The van der Waals surface area contributed by atoms with Gasteiger partial charge < -0.3 is 10.1 Å². The van der Waals surface area contributed by atoms with Crippen LogP contribution >= 0.6 is 0 Å². The number of nitrogens with one attached hydrogen (secondary N) is 1. The highest BCUT2D eigenvalue weighted by atomic mass is 16.5. The largest absolute Gasteiger partial charge is 0.380 e. The van der Waals surface area contributed by atoms with Crippen molar-refractivity contribution in [1.29, 1.82) is 0 Å². The van der Waals surface area contributed by atoms with E-state index in [1.807, 2.05) is 7.05 Å². The third-order valence-electron chi connectivity index (χ3n) is 2.80. The summed E-state index contributed by atoms with van der Waals surface area (Å²) in [4.78, 5) is 0.